The zero-order chi connectivity index (χ0) is 11.0. The zero-order valence-corrected chi connectivity index (χ0v) is 10.0. The second-order valence-corrected chi connectivity index (χ2v) is 6.36. The van der Waals surface area contributed by atoms with E-state index in [0.717, 1.165) is 18.9 Å². The Balaban J connectivity index is 2.02. The van der Waals surface area contributed by atoms with E-state index < -0.39 is 0 Å². The molecule has 0 aromatic heterocycles. The molecule has 0 saturated carbocycles. The highest BCUT2D eigenvalue weighted by molar-refractivity contribution is 7.57. The standard InChI is InChI=1S/C9H16N3O2P/c1-8(13)11-3-10-4-12(9(2)14)7-15(5-10)6-11/h3-7H2,1-2H3. The highest BCUT2D eigenvalue weighted by Gasteiger charge is 2.33. The van der Waals surface area contributed by atoms with Crippen molar-refractivity contribution in [2.45, 2.75) is 13.8 Å². The molecule has 2 bridgehead atoms. The van der Waals surface area contributed by atoms with Gasteiger partial charge in [-0.05, 0) is 0 Å². The summed E-state index contributed by atoms with van der Waals surface area (Å²) in [5.74, 6) is 0.284. The Morgan fingerprint density at radius 2 is 1.40 bits per heavy atom. The Morgan fingerprint density at radius 3 is 1.73 bits per heavy atom. The summed E-state index contributed by atoms with van der Waals surface area (Å²) in [6.07, 6.45) is 2.78. The van der Waals surface area contributed by atoms with E-state index in [4.69, 9.17) is 0 Å². The predicted octanol–water partition coefficient (Wildman–Crippen LogP) is 0.282. The van der Waals surface area contributed by atoms with Crippen LogP contribution in [0.25, 0.3) is 0 Å². The van der Waals surface area contributed by atoms with Gasteiger partial charge in [-0.15, -0.1) is 0 Å². The molecule has 2 amide bonds. The first-order chi connectivity index (χ1) is 7.06. The molecular weight excluding hydrogens is 213 g/mol. The second-order valence-electron chi connectivity index (χ2n) is 4.17. The van der Waals surface area contributed by atoms with E-state index in [-0.39, 0.29) is 19.7 Å². The van der Waals surface area contributed by atoms with Crippen LogP contribution in [-0.4, -0.2) is 58.7 Å². The molecule has 0 radical (unpaired) electrons. The van der Waals surface area contributed by atoms with Gasteiger partial charge in [-0.3, -0.25) is 14.5 Å². The van der Waals surface area contributed by atoms with Crippen LogP contribution in [0.1, 0.15) is 13.8 Å². The molecule has 6 heteroatoms. The lowest BCUT2D eigenvalue weighted by Gasteiger charge is -2.47. The second kappa shape index (κ2) is 4.06. The van der Waals surface area contributed by atoms with Gasteiger partial charge in [0.25, 0.3) is 0 Å². The van der Waals surface area contributed by atoms with Crippen molar-refractivity contribution in [2.75, 3.05) is 32.2 Å². The van der Waals surface area contributed by atoms with Crippen LogP contribution in [-0.2, 0) is 9.59 Å². The third-order valence-corrected chi connectivity index (χ3v) is 5.06. The summed E-state index contributed by atoms with van der Waals surface area (Å²) in [5, 5.41) is 0. The molecule has 5 nitrogen and oxygen atoms in total. The number of nitrogens with zero attached hydrogens (tertiary/aromatic N) is 3. The molecule has 0 unspecified atom stereocenters. The lowest BCUT2D eigenvalue weighted by atomic mass is 10.5. The lowest BCUT2D eigenvalue weighted by molar-refractivity contribution is -0.134. The van der Waals surface area contributed by atoms with Gasteiger partial charge in [-0.25, -0.2) is 0 Å². The summed E-state index contributed by atoms with van der Waals surface area (Å²) >= 11 is 0. The smallest absolute Gasteiger partial charge is 0.220 e. The van der Waals surface area contributed by atoms with E-state index >= 15 is 0 Å². The van der Waals surface area contributed by atoms with Gasteiger partial charge in [0.1, 0.15) is 0 Å². The van der Waals surface area contributed by atoms with Crippen molar-refractivity contribution in [1.29, 1.82) is 0 Å². The summed E-state index contributed by atoms with van der Waals surface area (Å²) in [4.78, 5) is 28.5. The van der Waals surface area contributed by atoms with Crippen molar-refractivity contribution in [1.82, 2.24) is 14.7 Å². The third-order valence-electron chi connectivity index (χ3n) is 2.77. The van der Waals surface area contributed by atoms with Crippen molar-refractivity contribution in [3.8, 4) is 0 Å². The average Bonchev–Trinajstić information content (AvgIpc) is 2.15. The van der Waals surface area contributed by atoms with E-state index in [9.17, 15) is 9.59 Å². The lowest BCUT2D eigenvalue weighted by Crippen LogP contribution is -2.54. The highest BCUT2D eigenvalue weighted by Crippen LogP contribution is 2.43. The van der Waals surface area contributed by atoms with E-state index in [1.165, 1.54) is 0 Å². The summed E-state index contributed by atoms with van der Waals surface area (Å²) < 4.78 is 0. The number of carbonyl (C=O) groups is 2. The van der Waals surface area contributed by atoms with Crippen LogP contribution >= 0.6 is 7.92 Å². The van der Waals surface area contributed by atoms with Crippen LogP contribution in [0.15, 0.2) is 0 Å². The Hall–Kier alpha value is -0.670. The Bertz CT molecular complexity index is 257. The first-order valence-electron chi connectivity index (χ1n) is 5.02. The Morgan fingerprint density at radius 1 is 0.933 bits per heavy atom. The van der Waals surface area contributed by atoms with E-state index in [0.29, 0.717) is 13.3 Å². The van der Waals surface area contributed by atoms with Crippen molar-refractivity contribution >= 4 is 19.7 Å². The molecule has 84 valence electrons. The molecule has 0 atom stereocenters. The zero-order valence-electron chi connectivity index (χ0n) is 9.14. The first kappa shape index (κ1) is 10.8. The van der Waals surface area contributed by atoms with Gasteiger partial charge in [-0.2, -0.15) is 0 Å². The quantitative estimate of drug-likeness (QED) is 0.560. The normalized spacial score (nSPS) is 30.3. The van der Waals surface area contributed by atoms with Crippen molar-refractivity contribution in [2.24, 2.45) is 0 Å². The maximum absolute atomic E-state index is 11.3. The minimum atomic E-state index is -0.229. The molecule has 2 aliphatic heterocycles. The van der Waals surface area contributed by atoms with Gasteiger partial charge in [0.15, 0.2) is 0 Å². The van der Waals surface area contributed by atoms with Crippen molar-refractivity contribution in [3.63, 3.8) is 0 Å². The number of hydrogen-bond acceptors (Lipinski definition) is 3. The number of amides is 2. The molecule has 0 N–H and O–H groups in total. The van der Waals surface area contributed by atoms with E-state index in [1.807, 2.05) is 9.80 Å². The molecule has 0 aliphatic carbocycles. The number of fused-ring (bicyclic) bond motifs is 2. The van der Waals surface area contributed by atoms with Gasteiger partial charge in [0.2, 0.25) is 11.8 Å². The average molecular weight is 229 g/mol. The SMILES string of the molecule is CC(=O)N1CN2CN(C(C)=O)CP(C2)C1. The topological polar surface area (TPSA) is 43.9 Å². The fourth-order valence-corrected chi connectivity index (χ4v) is 4.56. The minimum Gasteiger partial charge on any atom is -0.326 e. The van der Waals surface area contributed by atoms with Crippen LogP contribution in [0.2, 0.25) is 0 Å². The fraction of sp³-hybridized carbons (Fsp3) is 0.778. The molecule has 0 aromatic carbocycles. The van der Waals surface area contributed by atoms with Crippen molar-refractivity contribution in [3.05, 3.63) is 0 Å². The van der Waals surface area contributed by atoms with Gasteiger partial charge in [0.05, 0.1) is 13.3 Å². The molecular formula is C9H16N3O2P. The Kier molecular flexibility index (Phi) is 2.94. The first-order valence-corrected chi connectivity index (χ1v) is 6.92. The summed E-state index contributed by atoms with van der Waals surface area (Å²) in [6, 6.07) is 0. The minimum absolute atomic E-state index is 0.142. The van der Waals surface area contributed by atoms with Crippen LogP contribution in [0.4, 0.5) is 0 Å². The number of hydrogen-bond donors (Lipinski definition) is 0. The number of carbonyl (C=O) groups excluding carboxylic acids is 2. The molecule has 2 rings (SSSR count). The molecule has 2 saturated heterocycles. The van der Waals surface area contributed by atoms with Gasteiger partial charge < -0.3 is 9.80 Å². The van der Waals surface area contributed by atoms with Gasteiger partial charge >= 0.3 is 0 Å². The maximum atomic E-state index is 11.3. The van der Waals surface area contributed by atoms with Crippen LogP contribution in [0.3, 0.4) is 0 Å². The molecule has 2 heterocycles. The molecule has 0 spiro atoms. The van der Waals surface area contributed by atoms with Crippen LogP contribution in [0, 0.1) is 0 Å². The van der Waals surface area contributed by atoms with Crippen LogP contribution in [0.5, 0.6) is 0 Å². The molecule has 2 aliphatic rings. The van der Waals surface area contributed by atoms with Crippen LogP contribution < -0.4 is 0 Å². The number of rotatable bonds is 0. The van der Waals surface area contributed by atoms with E-state index in [2.05, 4.69) is 4.90 Å². The Labute approximate surface area is 90.7 Å². The highest BCUT2D eigenvalue weighted by atomic mass is 31.1. The third kappa shape index (κ3) is 2.29. The van der Waals surface area contributed by atoms with Gasteiger partial charge in [0, 0.05) is 32.7 Å². The van der Waals surface area contributed by atoms with Gasteiger partial charge in [-0.1, -0.05) is 7.92 Å². The maximum Gasteiger partial charge on any atom is 0.220 e. The molecule has 2 fully saturated rings. The van der Waals surface area contributed by atoms with E-state index in [1.54, 1.807) is 13.8 Å². The summed E-state index contributed by atoms with van der Waals surface area (Å²) in [7, 11) is -0.229. The molecule has 0 aromatic rings. The molecule has 15 heavy (non-hydrogen) atoms. The van der Waals surface area contributed by atoms with Crippen molar-refractivity contribution < 1.29 is 9.59 Å². The monoisotopic (exact) mass is 229 g/mol. The predicted molar refractivity (Wildman–Crippen MR) is 58.1 cm³/mol. The fourth-order valence-electron chi connectivity index (χ4n) is 2.00. The largest absolute Gasteiger partial charge is 0.326 e. The summed E-state index contributed by atoms with van der Waals surface area (Å²) in [6.45, 7) is 4.58. The summed E-state index contributed by atoms with van der Waals surface area (Å²) in [5.41, 5.74) is 0.